The Kier molecular flexibility index (Phi) is 12.5. The van der Waals surface area contributed by atoms with Crippen molar-refractivity contribution in [3.63, 3.8) is 0 Å². The molecule has 1 unspecified atom stereocenters. The molecule has 3 amide bonds. The van der Waals surface area contributed by atoms with Crippen LogP contribution in [0.4, 0.5) is 18.9 Å². The van der Waals surface area contributed by atoms with Gasteiger partial charge in [0.05, 0.1) is 0 Å². The average molecular weight is 526 g/mol. The molecule has 14 heteroatoms. The van der Waals surface area contributed by atoms with Crippen molar-refractivity contribution in [2.75, 3.05) is 33.0 Å². The number of carboxylic acid groups (broad SMARTS) is 1. The van der Waals surface area contributed by atoms with E-state index in [0.717, 1.165) is 4.90 Å². The minimum absolute atomic E-state index is 0.00971. The molecule has 13 nitrogen and oxygen atoms in total. The number of hydrogen-bond acceptors (Lipinski definition) is 9. The van der Waals surface area contributed by atoms with Gasteiger partial charge >= 0.3 is 24.2 Å². The number of carboxylic acids is 1. The number of halogens is 1. The lowest BCUT2D eigenvalue weighted by Crippen LogP contribution is -2.60. The summed E-state index contributed by atoms with van der Waals surface area (Å²) in [5.74, 6) is -1.37. The molecule has 0 radical (unpaired) electrons. The van der Waals surface area contributed by atoms with E-state index < -0.39 is 65.6 Å². The zero-order valence-corrected chi connectivity index (χ0v) is 22.7. The predicted octanol–water partition coefficient (Wildman–Crippen LogP) is 3.30. The number of carbonyl (C=O) groups is 4. The third kappa shape index (κ3) is 14.6. The molecule has 0 bridgehead atoms. The Hall–Kier alpha value is -2.71. The molecule has 0 aliphatic heterocycles. The van der Waals surface area contributed by atoms with Gasteiger partial charge < -0.3 is 19.3 Å². The molecular formula is C22H42FN4O9+. The van der Waals surface area contributed by atoms with E-state index in [-0.39, 0.29) is 19.5 Å². The van der Waals surface area contributed by atoms with Crippen molar-refractivity contribution in [3.8, 4) is 0 Å². The van der Waals surface area contributed by atoms with Crippen LogP contribution in [0.15, 0.2) is 0 Å². The average Bonchev–Trinajstić information content (AvgIpc) is 2.64. The number of aliphatic carboxylic acids is 1. The number of alkyl carbamates (subject to hydrolysis) is 1. The SMILES string of the molecule is CC(C)(C)OC(=O)NC[N+](CCCN(CNF)C(=O)OC(C)(C)C)(OCC(=O)O)C(=O)OC(C)(C)C. The molecule has 0 aromatic carbocycles. The van der Waals surface area contributed by atoms with Crippen LogP contribution in [0.25, 0.3) is 0 Å². The number of amides is 3. The lowest BCUT2D eigenvalue weighted by atomic mass is 10.2. The maximum absolute atomic E-state index is 13.2. The van der Waals surface area contributed by atoms with Gasteiger partial charge in [-0.15, -0.1) is 10.0 Å². The number of nitrogens with one attached hydrogen (secondary N) is 2. The van der Waals surface area contributed by atoms with Crippen LogP contribution in [-0.2, 0) is 23.8 Å². The molecule has 0 aliphatic rings. The number of quaternary nitrogens is 1. The largest absolute Gasteiger partial charge is 0.551 e. The van der Waals surface area contributed by atoms with E-state index in [9.17, 15) is 23.7 Å². The third-order valence-electron chi connectivity index (χ3n) is 3.89. The van der Waals surface area contributed by atoms with Crippen molar-refractivity contribution in [1.82, 2.24) is 15.8 Å². The van der Waals surface area contributed by atoms with E-state index in [1.165, 1.54) is 5.54 Å². The molecule has 210 valence electrons. The molecule has 0 heterocycles. The van der Waals surface area contributed by atoms with Crippen LogP contribution >= 0.6 is 0 Å². The van der Waals surface area contributed by atoms with Gasteiger partial charge in [-0.05, 0) is 62.3 Å². The fourth-order valence-corrected chi connectivity index (χ4v) is 2.58. The van der Waals surface area contributed by atoms with Crippen molar-refractivity contribution in [1.29, 1.82) is 0 Å². The van der Waals surface area contributed by atoms with E-state index in [2.05, 4.69) is 5.32 Å². The second-order valence-electron chi connectivity index (χ2n) is 11.0. The Bertz CT molecular complexity index is 760. The molecule has 0 aliphatic carbocycles. The first-order valence-corrected chi connectivity index (χ1v) is 11.4. The summed E-state index contributed by atoms with van der Waals surface area (Å²) in [6.07, 6.45) is -2.64. The Labute approximate surface area is 211 Å². The summed E-state index contributed by atoms with van der Waals surface area (Å²) in [6, 6.07) is 0. The molecule has 0 aromatic rings. The first-order chi connectivity index (χ1) is 16.2. The zero-order chi connectivity index (χ0) is 28.4. The molecule has 0 saturated heterocycles. The molecule has 0 spiro atoms. The maximum atomic E-state index is 13.2. The van der Waals surface area contributed by atoms with Crippen LogP contribution in [0.1, 0.15) is 68.7 Å². The standard InChI is InChI=1S/C22H41FN4O9/c1-20(2,3)34-17(30)24-15-27(33-13-16(28)29,19(32)36-22(7,8)9)12-10-11-26(14-25-23)18(31)35-21(4,5)6/h25H,10-15H2,1-9H3,(H-,24,28,29,30)/p+1. The predicted molar refractivity (Wildman–Crippen MR) is 126 cm³/mol. The summed E-state index contributed by atoms with van der Waals surface area (Å²) in [5.41, 5.74) is -1.25. The van der Waals surface area contributed by atoms with Crippen LogP contribution in [0.2, 0.25) is 0 Å². The van der Waals surface area contributed by atoms with Gasteiger partial charge in [-0.2, -0.15) is 9.63 Å². The summed E-state index contributed by atoms with van der Waals surface area (Å²) < 4.78 is 27.6. The number of hydroxylamine groups is 3. The van der Waals surface area contributed by atoms with Crippen LogP contribution in [0, 0.1) is 0 Å². The summed E-state index contributed by atoms with van der Waals surface area (Å²) in [5, 5.41) is 11.6. The highest BCUT2D eigenvalue weighted by Gasteiger charge is 2.45. The first kappa shape index (κ1) is 33.3. The van der Waals surface area contributed by atoms with E-state index >= 15 is 0 Å². The van der Waals surface area contributed by atoms with Crippen LogP contribution < -0.4 is 10.9 Å². The molecule has 0 aromatic heterocycles. The molecule has 0 saturated carbocycles. The van der Waals surface area contributed by atoms with Gasteiger partial charge in [-0.1, -0.05) is 4.65 Å². The maximum Gasteiger partial charge on any atom is 0.551 e. The number of ether oxygens (including phenoxy) is 3. The number of carbonyl (C=O) groups excluding carboxylic acids is 3. The molecule has 0 fully saturated rings. The summed E-state index contributed by atoms with van der Waals surface area (Å²) in [4.78, 5) is 55.5. The quantitative estimate of drug-likeness (QED) is 0.120. The minimum atomic E-state index is -1.37. The molecular weight excluding hydrogens is 483 g/mol. The van der Waals surface area contributed by atoms with Gasteiger partial charge in [0.25, 0.3) is 0 Å². The fourth-order valence-electron chi connectivity index (χ4n) is 2.58. The molecule has 1 atom stereocenters. The van der Waals surface area contributed by atoms with E-state index in [4.69, 9.17) is 24.2 Å². The lowest BCUT2D eigenvalue weighted by molar-refractivity contribution is -1.05. The van der Waals surface area contributed by atoms with Crippen molar-refractivity contribution >= 4 is 24.2 Å². The first-order valence-electron chi connectivity index (χ1n) is 11.4. The van der Waals surface area contributed by atoms with E-state index in [1.807, 2.05) is 0 Å². The highest BCUT2D eigenvalue weighted by Crippen LogP contribution is 2.19. The van der Waals surface area contributed by atoms with E-state index in [0.29, 0.717) is 0 Å². The Balaban J connectivity index is 5.87. The minimum Gasteiger partial charge on any atom is -0.479 e. The number of hydrogen-bond donors (Lipinski definition) is 3. The van der Waals surface area contributed by atoms with Crippen molar-refractivity contribution in [3.05, 3.63) is 0 Å². The van der Waals surface area contributed by atoms with Crippen LogP contribution in [-0.4, -0.2) is 88.7 Å². The topological polar surface area (TPSA) is 153 Å². The molecule has 0 rings (SSSR count). The Morgan fingerprint density at radius 1 is 0.889 bits per heavy atom. The van der Waals surface area contributed by atoms with Crippen molar-refractivity contribution in [2.45, 2.75) is 85.5 Å². The number of rotatable bonds is 11. The zero-order valence-electron chi connectivity index (χ0n) is 22.7. The van der Waals surface area contributed by atoms with Crippen molar-refractivity contribution in [2.24, 2.45) is 0 Å². The lowest BCUT2D eigenvalue weighted by Gasteiger charge is -2.34. The van der Waals surface area contributed by atoms with Gasteiger partial charge in [0.2, 0.25) is 6.61 Å². The van der Waals surface area contributed by atoms with Gasteiger partial charge in [0, 0.05) is 13.0 Å². The Morgan fingerprint density at radius 3 is 1.86 bits per heavy atom. The highest BCUT2D eigenvalue weighted by molar-refractivity contribution is 5.69. The fraction of sp³-hybridized carbons (Fsp3) is 0.818. The van der Waals surface area contributed by atoms with E-state index in [1.54, 1.807) is 62.3 Å². The van der Waals surface area contributed by atoms with Gasteiger partial charge in [-0.25, -0.2) is 14.4 Å². The Morgan fingerprint density at radius 2 is 1.42 bits per heavy atom. The highest BCUT2D eigenvalue weighted by atomic mass is 19.2. The molecule has 36 heavy (non-hydrogen) atoms. The van der Waals surface area contributed by atoms with Crippen LogP contribution in [0.5, 0.6) is 0 Å². The van der Waals surface area contributed by atoms with Crippen molar-refractivity contribution < 1.29 is 52.5 Å². The third-order valence-corrected chi connectivity index (χ3v) is 3.89. The smallest absolute Gasteiger partial charge is 0.479 e. The van der Waals surface area contributed by atoms with Gasteiger partial charge in [-0.3, -0.25) is 10.2 Å². The summed E-state index contributed by atoms with van der Waals surface area (Å²) >= 11 is 0. The normalized spacial score (nSPS) is 13.8. The van der Waals surface area contributed by atoms with Crippen LogP contribution in [0.3, 0.4) is 0 Å². The van der Waals surface area contributed by atoms with Gasteiger partial charge in [0.1, 0.15) is 30.0 Å². The monoisotopic (exact) mass is 525 g/mol. The summed E-state index contributed by atoms with van der Waals surface area (Å²) in [6.45, 7) is 12.4. The number of nitrogens with zero attached hydrogens (tertiary/aromatic N) is 2. The second kappa shape index (κ2) is 13.6. The second-order valence-corrected chi connectivity index (χ2v) is 11.0. The van der Waals surface area contributed by atoms with Gasteiger partial charge in [0.15, 0.2) is 6.67 Å². The molecule has 3 N–H and O–H groups in total. The summed E-state index contributed by atoms with van der Waals surface area (Å²) in [7, 11) is 0.